The van der Waals surface area contributed by atoms with Crippen LogP contribution >= 0.6 is 0 Å². The Morgan fingerprint density at radius 3 is 2.79 bits per heavy atom. The molecule has 8 heteroatoms. The zero-order chi connectivity index (χ0) is 20.2. The van der Waals surface area contributed by atoms with Gasteiger partial charge >= 0.3 is 0 Å². The predicted octanol–water partition coefficient (Wildman–Crippen LogP) is 3.36. The number of H-pyrrole nitrogens is 1. The van der Waals surface area contributed by atoms with Crippen molar-refractivity contribution in [2.75, 3.05) is 30.4 Å². The first-order valence-corrected chi connectivity index (χ1v) is 9.71. The van der Waals surface area contributed by atoms with Crippen LogP contribution in [0.2, 0.25) is 0 Å². The SMILES string of the molecule is COc1ccccc1-c1cc(C(=O)Nc2cc(N3CCC(C)CC3)ncn2)[nH]n1. The number of amides is 1. The molecule has 0 aliphatic carbocycles. The van der Waals surface area contributed by atoms with Gasteiger partial charge in [0.15, 0.2) is 0 Å². The van der Waals surface area contributed by atoms with Gasteiger partial charge in [0.1, 0.15) is 29.4 Å². The lowest BCUT2D eigenvalue weighted by atomic mass is 9.99. The molecule has 1 fully saturated rings. The van der Waals surface area contributed by atoms with E-state index in [1.54, 1.807) is 13.2 Å². The first-order valence-electron chi connectivity index (χ1n) is 9.71. The first kappa shape index (κ1) is 18.9. The molecule has 3 aromatic rings. The molecule has 8 nitrogen and oxygen atoms in total. The standard InChI is InChI=1S/C21H24N6O2/c1-14-7-9-27(10-8-14)20-12-19(22-13-23-20)24-21(28)17-11-16(25-26-17)15-5-3-4-6-18(15)29-2/h3-6,11-14H,7-10H2,1-2H3,(H,25,26)(H,22,23,24,28). The molecule has 0 radical (unpaired) electrons. The average Bonchev–Trinajstić information content (AvgIpc) is 3.25. The minimum absolute atomic E-state index is 0.310. The summed E-state index contributed by atoms with van der Waals surface area (Å²) in [5, 5.41) is 9.86. The van der Waals surface area contributed by atoms with Gasteiger partial charge in [-0.1, -0.05) is 19.1 Å². The largest absolute Gasteiger partial charge is 0.496 e. The van der Waals surface area contributed by atoms with Gasteiger partial charge in [-0.25, -0.2) is 9.97 Å². The molecule has 150 valence electrons. The van der Waals surface area contributed by atoms with Gasteiger partial charge in [-0.15, -0.1) is 0 Å². The summed E-state index contributed by atoms with van der Waals surface area (Å²) < 4.78 is 5.37. The van der Waals surface area contributed by atoms with Crippen molar-refractivity contribution in [2.45, 2.75) is 19.8 Å². The molecular weight excluding hydrogens is 368 g/mol. The highest BCUT2D eigenvalue weighted by Crippen LogP contribution is 2.28. The molecule has 29 heavy (non-hydrogen) atoms. The lowest BCUT2D eigenvalue weighted by Gasteiger charge is -2.31. The molecule has 1 amide bonds. The van der Waals surface area contributed by atoms with Crippen molar-refractivity contribution in [2.24, 2.45) is 5.92 Å². The van der Waals surface area contributed by atoms with Crippen LogP contribution in [0.15, 0.2) is 42.7 Å². The van der Waals surface area contributed by atoms with Crippen molar-refractivity contribution >= 4 is 17.5 Å². The molecule has 0 unspecified atom stereocenters. The number of ether oxygens (including phenoxy) is 1. The second-order valence-electron chi connectivity index (χ2n) is 7.25. The predicted molar refractivity (Wildman–Crippen MR) is 111 cm³/mol. The topological polar surface area (TPSA) is 96.0 Å². The van der Waals surface area contributed by atoms with E-state index in [2.05, 4.69) is 37.3 Å². The van der Waals surface area contributed by atoms with Crippen molar-refractivity contribution in [1.29, 1.82) is 0 Å². The summed E-state index contributed by atoms with van der Waals surface area (Å²) in [5.74, 6) is 2.43. The van der Waals surface area contributed by atoms with Crippen LogP contribution < -0.4 is 15.0 Å². The number of methoxy groups -OCH3 is 1. The number of nitrogens with one attached hydrogen (secondary N) is 2. The second kappa shape index (κ2) is 8.30. The molecule has 0 atom stereocenters. The van der Waals surface area contributed by atoms with Gasteiger partial charge in [0.25, 0.3) is 5.91 Å². The monoisotopic (exact) mass is 392 g/mol. The molecule has 0 spiro atoms. The Morgan fingerprint density at radius 1 is 1.21 bits per heavy atom. The normalized spacial score (nSPS) is 14.6. The highest BCUT2D eigenvalue weighted by Gasteiger charge is 2.18. The lowest BCUT2D eigenvalue weighted by Crippen LogP contribution is -2.33. The van der Waals surface area contributed by atoms with E-state index in [-0.39, 0.29) is 5.91 Å². The molecule has 1 aliphatic heterocycles. The van der Waals surface area contributed by atoms with Gasteiger partial charge in [0.2, 0.25) is 0 Å². The number of rotatable bonds is 5. The highest BCUT2D eigenvalue weighted by atomic mass is 16.5. The third-order valence-corrected chi connectivity index (χ3v) is 5.21. The quantitative estimate of drug-likeness (QED) is 0.691. The number of aromatic amines is 1. The van der Waals surface area contributed by atoms with Crippen LogP contribution in [0.25, 0.3) is 11.3 Å². The van der Waals surface area contributed by atoms with Gasteiger partial charge < -0.3 is 15.0 Å². The van der Waals surface area contributed by atoms with Gasteiger partial charge in [-0.2, -0.15) is 5.10 Å². The fourth-order valence-electron chi connectivity index (χ4n) is 3.44. The molecule has 0 saturated carbocycles. The molecule has 4 rings (SSSR count). The van der Waals surface area contributed by atoms with Crippen molar-refractivity contribution in [3.05, 3.63) is 48.4 Å². The van der Waals surface area contributed by atoms with Crippen LogP contribution in [-0.4, -0.2) is 46.3 Å². The Balaban J connectivity index is 1.48. The Labute approximate surface area is 169 Å². The van der Waals surface area contributed by atoms with E-state index in [1.807, 2.05) is 30.3 Å². The zero-order valence-electron chi connectivity index (χ0n) is 16.6. The number of hydrogen-bond acceptors (Lipinski definition) is 6. The molecule has 0 bridgehead atoms. The molecule has 2 N–H and O–H groups in total. The summed E-state index contributed by atoms with van der Waals surface area (Å²) in [5.41, 5.74) is 1.80. The van der Waals surface area contributed by atoms with Crippen LogP contribution in [0.3, 0.4) is 0 Å². The molecule has 1 saturated heterocycles. The Bertz CT molecular complexity index is 994. The van der Waals surface area contributed by atoms with E-state index in [4.69, 9.17) is 4.74 Å². The summed E-state index contributed by atoms with van der Waals surface area (Å²) in [6.07, 6.45) is 3.77. The molecule has 3 heterocycles. The van der Waals surface area contributed by atoms with E-state index in [9.17, 15) is 4.79 Å². The number of carbonyl (C=O) groups is 1. The van der Waals surface area contributed by atoms with Crippen molar-refractivity contribution in [3.8, 4) is 17.0 Å². The maximum absolute atomic E-state index is 12.7. The third kappa shape index (κ3) is 4.21. The smallest absolute Gasteiger partial charge is 0.274 e. The number of piperidine rings is 1. The van der Waals surface area contributed by atoms with E-state index in [0.29, 0.717) is 23.0 Å². The summed E-state index contributed by atoms with van der Waals surface area (Å²) in [6.45, 7) is 4.20. The number of anilines is 2. The Hall–Kier alpha value is -3.42. The maximum atomic E-state index is 12.7. The van der Waals surface area contributed by atoms with E-state index in [0.717, 1.165) is 43.2 Å². The summed E-state index contributed by atoms with van der Waals surface area (Å²) >= 11 is 0. The second-order valence-corrected chi connectivity index (χ2v) is 7.25. The number of nitrogens with zero attached hydrogens (tertiary/aromatic N) is 4. The van der Waals surface area contributed by atoms with Gasteiger partial charge in [0, 0.05) is 24.7 Å². The van der Waals surface area contributed by atoms with Crippen LogP contribution in [0, 0.1) is 5.92 Å². The summed E-state index contributed by atoms with van der Waals surface area (Å²) in [4.78, 5) is 23.4. The van der Waals surface area contributed by atoms with Gasteiger partial charge in [0.05, 0.1) is 12.8 Å². The molecular formula is C21H24N6O2. The minimum atomic E-state index is -0.310. The number of aromatic nitrogens is 4. The number of benzene rings is 1. The zero-order valence-corrected chi connectivity index (χ0v) is 16.6. The summed E-state index contributed by atoms with van der Waals surface area (Å²) in [7, 11) is 1.61. The number of carbonyl (C=O) groups excluding carboxylic acids is 1. The van der Waals surface area contributed by atoms with Crippen LogP contribution in [0.1, 0.15) is 30.3 Å². The summed E-state index contributed by atoms with van der Waals surface area (Å²) in [6, 6.07) is 11.0. The van der Waals surface area contributed by atoms with Crippen molar-refractivity contribution in [3.63, 3.8) is 0 Å². The first-order chi connectivity index (χ1) is 14.1. The van der Waals surface area contributed by atoms with Crippen LogP contribution in [-0.2, 0) is 0 Å². The molecule has 1 aliphatic rings. The maximum Gasteiger partial charge on any atom is 0.274 e. The van der Waals surface area contributed by atoms with Gasteiger partial charge in [-0.3, -0.25) is 9.89 Å². The van der Waals surface area contributed by atoms with Crippen LogP contribution in [0.5, 0.6) is 5.75 Å². The van der Waals surface area contributed by atoms with Crippen LogP contribution in [0.4, 0.5) is 11.6 Å². The average molecular weight is 392 g/mol. The minimum Gasteiger partial charge on any atom is -0.496 e. The van der Waals surface area contributed by atoms with Crippen molar-refractivity contribution < 1.29 is 9.53 Å². The van der Waals surface area contributed by atoms with E-state index < -0.39 is 0 Å². The number of para-hydroxylation sites is 1. The highest BCUT2D eigenvalue weighted by molar-refractivity contribution is 6.03. The lowest BCUT2D eigenvalue weighted by molar-refractivity contribution is 0.102. The fraction of sp³-hybridized carbons (Fsp3) is 0.333. The van der Waals surface area contributed by atoms with Crippen molar-refractivity contribution in [1.82, 2.24) is 20.2 Å². The van der Waals surface area contributed by atoms with Gasteiger partial charge in [-0.05, 0) is 37.0 Å². The fourth-order valence-corrected chi connectivity index (χ4v) is 3.44. The third-order valence-electron chi connectivity index (χ3n) is 5.21. The molecule has 2 aromatic heterocycles. The Kier molecular flexibility index (Phi) is 5.41. The van der Waals surface area contributed by atoms with E-state index >= 15 is 0 Å². The number of hydrogen-bond donors (Lipinski definition) is 2. The van der Waals surface area contributed by atoms with E-state index in [1.165, 1.54) is 6.33 Å². The Morgan fingerprint density at radius 2 is 2.00 bits per heavy atom. The molecule has 1 aromatic carbocycles.